The zero-order valence-electron chi connectivity index (χ0n) is 19.2. The Bertz CT molecular complexity index is 1200. The molecule has 0 saturated heterocycles. The zero-order chi connectivity index (χ0) is 24.3. The molecule has 9 nitrogen and oxygen atoms in total. The molecule has 0 aliphatic heterocycles. The van der Waals surface area contributed by atoms with Crippen LogP contribution in [-0.4, -0.2) is 34.9 Å². The predicted octanol–water partition coefficient (Wildman–Crippen LogP) is 5.24. The van der Waals surface area contributed by atoms with Crippen molar-refractivity contribution in [3.8, 4) is 17.4 Å². The number of rotatable bonds is 7. The summed E-state index contributed by atoms with van der Waals surface area (Å²) >= 11 is 1.14. The number of esters is 1. The predicted molar refractivity (Wildman–Crippen MR) is 124 cm³/mol. The van der Waals surface area contributed by atoms with Crippen LogP contribution in [0.5, 0.6) is 17.4 Å². The summed E-state index contributed by atoms with van der Waals surface area (Å²) in [6.07, 6.45) is 0. The van der Waals surface area contributed by atoms with E-state index in [2.05, 4.69) is 5.10 Å². The van der Waals surface area contributed by atoms with Crippen molar-refractivity contribution < 1.29 is 23.9 Å². The number of hydrogen-bond donors (Lipinski definition) is 0. The van der Waals surface area contributed by atoms with E-state index in [9.17, 15) is 14.9 Å². The molecular weight excluding hydrogens is 446 g/mol. The number of methoxy groups -OCH3 is 2. The van der Waals surface area contributed by atoms with Crippen LogP contribution in [0.15, 0.2) is 52.3 Å². The average molecular weight is 472 g/mol. The second-order valence-corrected chi connectivity index (χ2v) is 9.14. The maximum absolute atomic E-state index is 13.1. The van der Waals surface area contributed by atoms with Crippen LogP contribution in [0, 0.1) is 17.0 Å². The Morgan fingerprint density at radius 3 is 2.36 bits per heavy atom. The molecule has 0 atom stereocenters. The van der Waals surface area contributed by atoms with E-state index in [0.29, 0.717) is 27.0 Å². The molecule has 0 bridgehead atoms. The van der Waals surface area contributed by atoms with Gasteiger partial charge in [0, 0.05) is 6.07 Å². The highest BCUT2D eigenvalue weighted by Gasteiger charge is 2.29. The van der Waals surface area contributed by atoms with Gasteiger partial charge < -0.3 is 14.2 Å². The van der Waals surface area contributed by atoms with Crippen molar-refractivity contribution in [2.75, 3.05) is 14.2 Å². The summed E-state index contributed by atoms with van der Waals surface area (Å²) < 4.78 is 17.9. The minimum absolute atomic E-state index is 0.0393. The first-order valence-electron chi connectivity index (χ1n) is 10.0. The van der Waals surface area contributed by atoms with Crippen molar-refractivity contribution in [1.82, 2.24) is 9.78 Å². The number of carbonyl (C=O) groups excluding carboxylic acids is 1. The number of nitrogens with zero attached hydrogens (tertiary/aromatic N) is 3. The van der Waals surface area contributed by atoms with Gasteiger partial charge in [-0.05, 0) is 52.0 Å². The first kappa shape index (κ1) is 24.1. The number of carbonyl (C=O) groups is 1. The van der Waals surface area contributed by atoms with E-state index >= 15 is 0 Å². The fraction of sp³-hybridized carbons (Fsp3) is 0.304. The fourth-order valence-electron chi connectivity index (χ4n) is 3.07. The van der Waals surface area contributed by atoms with Crippen LogP contribution in [0.25, 0.3) is 0 Å². The van der Waals surface area contributed by atoms with Crippen molar-refractivity contribution in [3.05, 3.63) is 63.8 Å². The van der Waals surface area contributed by atoms with Gasteiger partial charge >= 0.3 is 5.97 Å². The van der Waals surface area contributed by atoms with Crippen molar-refractivity contribution >= 4 is 23.4 Å². The van der Waals surface area contributed by atoms with Gasteiger partial charge in [0.2, 0.25) is 5.88 Å². The van der Waals surface area contributed by atoms with E-state index < -0.39 is 16.4 Å². The number of hydrogen-bond acceptors (Lipinski definition) is 8. The molecule has 2 aromatic carbocycles. The molecule has 3 aromatic rings. The molecule has 0 aliphatic carbocycles. The summed E-state index contributed by atoms with van der Waals surface area (Å²) in [4.78, 5) is 25.1. The van der Waals surface area contributed by atoms with Gasteiger partial charge in [-0.1, -0.05) is 23.9 Å². The quantitative estimate of drug-likeness (QED) is 0.262. The van der Waals surface area contributed by atoms with Crippen molar-refractivity contribution in [2.45, 2.75) is 43.0 Å². The van der Waals surface area contributed by atoms with Crippen molar-refractivity contribution in [2.24, 2.45) is 0 Å². The first-order valence-corrected chi connectivity index (χ1v) is 10.8. The fourth-order valence-corrected chi connectivity index (χ4v) is 4.09. The van der Waals surface area contributed by atoms with E-state index in [-0.39, 0.29) is 17.1 Å². The van der Waals surface area contributed by atoms with Crippen LogP contribution in [0.1, 0.15) is 36.8 Å². The van der Waals surface area contributed by atoms with Crippen molar-refractivity contribution in [1.29, 1.82) is 0 Å². The number of para-hydroxylation sites is 1. The van der Waals surface area contributed by atoms with E-state index in [1.54, 1.807) is 41.9 Å². The van der Waals surface area contributed by atoms with Gasteiger partial charge in [-0.2, -0.15) is 5.10 Å². The highest BCUT2D eigenvalue weighted by Crippen LogP contribution is 2.43. The number of aryl methyl sites for hydroxylation is 1. The molecule has 0 radical (unpaired) electrons. The minimum Gasteiger partial charge on any atom is -0.493 e. The number of nitro benzene ring substituents is 1. The molecule has 0 aliphatic rings. The third-order valence-corrected chi connectivity index (χ3v) is 5.92. The lowest BCUT2D eigenvalue weighted by molar-refractivity contribution is -0.387. The second-order valence-electron chi connectivity index (χ2n) is 8.09. The lowest BCUT2D eigenvalue weighted by Crippen LogP contribution is -2.25. The van der Waals surface area contributed by atoms with Crippen LogP contribution in [-0.2, 0) is 5.54 Å². The highest BCUT2D eigenvalue weighted by atomic mass is 32.2. The van der Waals surface area contributed by atoms with Crippen LogP contribution in [0.2, 0.25) is 0 Å². The Kier molecular flexibility index (Phi) is 6.97. The molecule has 33 heavy (non-hydrogen) atoms. The summed E-state index contributed by atoms with van der Waals surface area (Å²) in [6, 6.07) is 11.1. The van der Waals surface area contributed by atoms with Crippen LogP contribution in [0.3, 0.4) is 0 Å². The van der Waals surface area contributed by atoms with Crippen molar-refractivity contribution in [3.63, 3.8) is 0 Å². The summed E-state index contributed by atoms with van der Waals surface area (Å²) in [5, 5.41) is 16.1. The van der Waals surface area contributed by atoms with Gasteiger partial charge in [-0.15, -0.1) is 0 Å². The summed E-state index contributed by atoms with van der Waals surface area (Å²) in [7, 11) is 2.99. The molecule has 1 aromatic heterocycles. The van der Waals surface area contributed by atoms with E-state index in [4.69, 9.17) is 14.2 Å². The SMILES string of the molecule is COc1ccc(C(=O)Oc2c(Sc3ccccc3[N+](=O)[O-])c(C)nn2C(C)(C)C)cc1OC. The Hall–Kier alpha value is -3.53. The molecule has 3 rings (SSSR count). The molecule has 1 heterocycles. The van der Waals surface area contributed by atoms with Gasteiger partial charge in [-0.3, -0.25) is 10.1 Å². The molecule has 0 saturated carbocycles. The highest BCUT2D eigenvalue weighted by molar-refractivity contribution is 7.99. The number of benzene rings is 2. The normalized spacial score (nSPS) is 11.2. The van der Waals surface area contributed by atoms with E-state index in [1.807, 2.05) is 20.8 Å². The van der Waals surface area contributed by atoms with Gasteiger partial charge in [0.05, 0.1) is 45.7 Å². The summed E-state index contributed by atoms with van der Waals surface area (Å²) in [5.74, 6) is 0.466. The standard InChI is InChI=1S/C23H25N3O6S/c1-14-20(33-19-10-8-7-9-16(19)26(28)29)21(25(24-14)23(2,3)4)32-22(27)15-11-12-17(30-5)18(13-15)31-6/h7-13H,1-6H3. The molecule has 0 fully saturated rings. The Morgan fingerprint density at radius 2 is 1.76 bits per heavy atom. The third kappa shape index (κ3) is 5.11. The number of nitro groups is 1. The average Bonchev–Trinajstić information content (AvgIpc) is 3.08. The van der Waals surface area contributed by atoms with Gasteiger partial charge in [0.1, 0.15) is 0 Å². The Balaban J connectivity index is 2.06. The monoisotopic (exact) mass is 471 g/mol. The van der Waals surface area contributed by atoms with E-state index in [1.165, 1.54) is 26.4 Å². The van der Waals surface area contributed by atoms with Gasteiger partial charge in [0.15, 0.2) is 11.5 Å². The second kappa shape index (κ2) is 9.53. The molecule has 174 valence electrons. The lowest BCUT2D eigenvalue weighted by Gasteiger charge is -2.22. The first-order chi connectivity index (χ1) is 15.6. The van der Waals surface area contributed by atoms with E-state index in [0.717, 1.165) is 11.8 Å². The molecule has 10 heteroatoms. The molecular formula is C23H25N3O6S. The largest absolute Gasteiger partial charge is 0.493 e. The Morgan fingerprint density at radius 1 is 1.09 bits per heavy atom. The summed E-state index contributed by atoms with van der Waals surface area (Å²) in [5.41, 5.74) is 0.290. The topological polar surface area (TPSA) is 106 Å². The van der Waals surface area contributed by atoms with Crippen LogP contribution >= 0.6 is 11.8 Å². The number of ether oxygens (including phenoxy) is 3. The molecule has 0 unspecified atom stereocenters. The zero-order valence-corrected chi connectivity index (χ0v) is 20.1. The van der Waals surface area contributed by atoms with Gasteiger partial charge in [0.25, 0.3) is 5.69 Å². The lowest BCUT2D eigenvalue weighted by atomic mass is 10.1. The minimum atomic E-state index is -0.620. The third-order valence-electron chi connectivity index (χ3n) is 4.68. The maximum atomic E-state index is 13.1. The number of aromatic nitrogens is 2. The molecule has 0 N–H and O–H groups in total. The molecule has 0 spiro atoms. The summed E-state index contributed by atoms with van der Waals surface area (Å²) in [6.45, 7) is 7.54. The maximum Gasteiger partial charge on any atom is 0.345 e. The smallest absolute Gasteiger partial charge is 0.345 e. The Labute approximate surface area is 195 Å². The molecule has 0 amide bonds. The van der Waals surface area contributed by atoms with Crippen LogP contribution in [0.4, 0.5) is 5.69 Å². The van der Waals surface area contributed by atoms with Crippen LogP contribution < -0.4 is 14.2 Å². The van der Waals surface area contributed by atoms with Gasteiger partial charge in [-0.25, -0.2) is 9.48 Å².